The van der Waals surface area contributed by atoms with Gasteiger partial charge in [0.1, 0.15) is 17.7 Å². The minimum atomic E-state index is -0.494. The van der Waals surface area contributed by atoms with E-state index >= 15 is 0 Å². The number of ether oxygens (including phenoxy) is 1. The second-order valence-corrected chi connectivity index (χ2v) is 8.71. The number of nitrogens with one attached hydrogen (secondary N) is 1. The third-order valence-corrected chi connectivity index (χ3v) is 6.62. The number of rotatable bonds is 6. The highest BCUT2D eigenvalue weighted by Crippen LogP contribution is 2.44. The first-order valence-corrected chi connectivity index (χ1v) is 11.0. The molecule has 0 spiro atoms. The number of carbonyl (C=O) groups is 2. The van der Waals surface area contributed by atoms with E-state index in [1.165, 1.54) is 17.0 Å². The summed E-state index contributed by atoms with van der Waals surface area (Å²) in [4.78, 5) is 27.7. The number of benzene rings is 2. The molecule has 3 aliphatic rings. The molecule has 3 aliphatic heterocycles. The molecule has 5 rings (SSSR count). The van der Waals surface area contributed by atoms with E-state index in [2.05, 4.69) is 5.32 Å². The summed E-state index contributed by atoms with van der Waals surface area (Å²) in [6.45, 7) is 3.56. The van der Waals surface area contributed by atoms with Crippen LogP contribution in [0, 0.1) is 18.6 Å². The lowest BCUT2D eigenvalue weighted by atomic mass is 9.93. The highest BCUT2D eigenvalue weighted by atomic mass is 19.1. The van der Waals surface area contributed by atoms with E-state index in [1.54, 1.807) is 30.0 Å². The van der Waals surface area contributed by atoms with Crippen molar-refractivity contribution in [1.82, 2.24) is 5.32 Å². The second-order valence-electron chi connectivity index (χ2n) is 8.71. The lowest BCUT2D eigenvalue weighted by molar-refractivity contribution is -0.118. The van der Waals surface area contributed by atoms with Crippen molar-refractivity contribution in [3.8, 4) is 0 Å². The topological polar surface area (TPSA) is 61.9 Å². The Morgan fingerprint density at radius 1 is 1.06 bits per heavy atom. The van der Waals surface area contributed by atoms with Gasteiger partial charge in [-0.25, -0.2) is 13.6 Å². The summed E-state index contributed by atoms with van der Waals surface area (Å²) in [5, 5.41) is 3.29. The van der Waals surface area contributed by atoms with E-state index in [1.807, 2.05) is 0 Å². The van der Waals surface area contributed by atoms with E-state index in [9.17, 15) is 18.4 Å². The number of carbonyl (C=O) groups excluding carboxylic acids is 2. The predicted molar refractivity (Wildman–Crippen MR) is 116 cm³/mol. The van der Waals surface area contributed by atoms with Crippen molar-refractivity contribution in [3.05, 3.63) is 58.7 Å². The third kappa shape index (κ3) is 3.62. The van der Waals surface area contributed by atoms with Crippen molar-refractivity contribution in [2.24, 2.45) is 0 Å². The molecule has 1 fully saturated rings. The summed E-state index contributed by atoms with van der Waals surface area (Å²) >= 11 is 0. The molecule has 1 N–H and O–H groups in total. The van der Waals surface area contributed by atoms with Crippen LogP contribution >= 0.6 is 0 Å². The first-order valence-electron chi connectivity index (χ1n) is 11.0. The molecule has 1 unspecified atom stereocenters. The molecule has 2 aromatic rings. The summed E-state index contributed by atoms with van der Waals surface area (Å²) in [7, 11) is 0. The Kier molecular flexibility index (Phi) is 5.33. The molecule has 0 radical (unpaired) electrons. The van der Waals surface area contributed by atoms with Gasteiger partial charge in [-0.3, -0.25) is 9.69 Å². The molecule has 0 aromatic heterocycles. The number of aryl methyl sites for hydroxylation is 2. The number of nitrogens with zero attached hydrogens (tertiary/aromatic N) is 2. The van der Waals surface area contributed by atoms with Crippen LogP contribution in [-0.2, 0) is 16.0 Å². The highest BCUT2D eigenvalue weighted by molar-refractivity contribution is 5.99. The van der Waals surface area contributed by atoms with Gasteiger partial charge in [-0.2, -0.15) is 0 Å². The molecular formula is C24H25F2N3O3. The average Bonchev–Trinajstić information content (AvgIpc) is 3.34. The number of amides is 2. The van der Waals surface area contributed by atoms with Gasteiger partial charge in [0.2, 0.25) is 5.91 Å². The van der Waals surface area contributed by atoms with Crippen molar-refractivity contribution in [2.75, 3.05) is 36.0 Å². The van der Waals surface area contributed by atoms with Crippen LogP contribution in [0.1, 0.15) is 35.4 Å². The van der Waals surface area contributed by atoms with Crippen LogP contribution in [0.25, 0.3) is 0 Å². The molecule has 0 saturated carbocycles. The zero-order chi connectivity index (χ0) is 22.4. The minimum Gasteiger partial charge on any atom is -0.443 e. The van der Waals surface area contributed by atoms with Gasteiger partial charge in [-0.15, -0.1) is 0 Å². The lowest BCUT2D eigenvalue weighted by Gasteiger charge is -2.25. The standard InChI is InChI=1S/C24H25F2N3O3/c1-14-2-5-17(10-20(14)26)28-13-18(32-24(28)31)11-27-9-8-16-12-29-21(30)7-4-15-3-6-19(25)22(16)23(15)29/h2-3,5-6,10,16,18,27H,4,7-9,11-13H2,1H3/t16?,18-/m1/s1. The Bertz CT molecular complexity index is 1090. The Balaban J connectivity index is 1.17. The summed E-state index contributed by atoms with van der Waals surface area (Å²) < 4.78 is 33.8. The fourth-order valence-electron chi connectivity index (χ4n) is 4.91. The lowest BCUT2D eigenvalue weighted by Crippen LogP contribution is -2.34. The zero-order valence-electron chi connectivity index (χ0n) is 17.9. The minimum absolute atomic E-state index is 0.0577. The Morgan fingerprint density at radius 2 is 1.91 bits per heavy atom. The number of hydrogen-bond donors (Lipinski definition) is 1. The maximum Gasteiger partial charge on any atom is 0.414 e. The largest absolute Gasteiger partial charge is 0.443 e. The number of hydrogen-bond acceptors (Lipinski definition) is 4. The van der Waals surface area contributed by atoms with E-state index < -0.39 is 6.09 Å². The van der Waals surface area contributed by atoms with Crippen molar-refractivity contribution < 1.29 is 23.1 Å². The fraction of sp³-hybridized carbons (Fsp3) is 0.417. The average molecular weight is 441 g/mol. The van der Waals surface area contributed by atoms with E-state index in [0.29, 0.717) is 62.3 Å². The maximum atomic E-state index is 14.6. The van der Waals surface area contributed by atoms with Gasteiger partial charge in [-0.1, -0.05) is 12.1 Å². The molecule has 0 aliphatic carbocycles. The van der Waals surface area contributed by atoms with Gasteiger partial charge >= 0.3 is 6.09 Å². The van der Waals surface area contributed by atoms with Gasteiger partial charge in [0, 0.05) is 31.0 Å². The van der Waals surface area contributed by atoms with Crippen molar-refractivity contribution in [2.45, 2.75) is 38.2 Å². The second kappa shape index (κ2) is 8.16. The molecule has 6 nitrogen and oxygen atoms in total. The van der Waals surface area contributed by atoms with Crippen LogP contribution in [0.2, 0.25) is 0 Å². The van der Waals surface area contributed by atoms with Crippen LogP contribution in [0.3, 0.4) is 0 Å². The molecule has 3 heterocycles. The van der Waals surface area contributed by atoms with Gasteiger partial charge in [0.15, 0.2) is 0 Å². The molecule has 0 bridgehead atoms. The molecule has 32 heavy (non-hydrogen) atoms. The smallest absolute Gasteiger partial charge is 0.414 e. The quantitative estimate of drug-likeness (QED) is 0.696. The first-order chi connectivity index (χ1) is 15.4. The van der Waals surface area contributed by atoms with Gasteiger partial charge in [-0.05, 0) is 55.6 Å². The summed E-state index contributed by atoms with van der Waals surface area (Å²) in [5.41, 5.74) is 3.47. The Morgan fingerprint density at radius 3 is 2.72 bits per heavy atom. The third-order valence-electron chi connectivity index (χ3n) is 6.62. The summed E-state index contributed by atoms with van der Waals surface area (Å²) in [6, 6.07) is 7.98. The normalized spacial score (nSPS) is 21.8. The van der Waals surface area contributed by atoms with Crippen LogP contribution in [0.15, 0.2) is 30.3 Å². The first kappa shape index (κ1) is 20.9. The summed E-state index contributed by atoms with van der Waals surface area (Å²) in [6.07, 6.45) is 0.956. The molecule has 8 heteroatoms. The van der Waals surface area contributed by atoms with Gasteiger partial charge in [0.25, 0.3) is 0 Å². The van der Waals surface area contributed by atoms with Crippen molar-refractivity contribution >= 4 is 23.4 Å². The van der Waals surface area contributed by atoms with Crippen LogP contribution in [0.4, 0.5) is 25.0 Å². The fourth-order valence-corrected chi connectivity index (χ4v) is 4.91. The number of anilines is 2. The zero-order valence-corrected chi connectivity index (χ0v) is 17.9. The van der Waals surface area contributed by atoms with E-state index in [0.717, 1.165) is 11.3 Å². The van der Waals surface area contributed by atoms with Crippen LogP contribution in [0.5, 0.6) is 0 Å². The number of halogens is 2. The van der Waals surface area contributed by atoms with Crippen LogP contribution in [-0.4, -0.2) is 44.3 Å². The molecule has 2 amide bonds. The Labute approximate surface area is 185 Å². The van der Waals surface area contributed by atoms with Crippen molar-refractivity contribution in [1.29, 1.82) is 0 Å². The number of cyclic esters (lactones) is 1. The highest BCUT2D eigenvalue weighted by Gasteiger charge is 2.38. The van der Waals surface area contributed by atoms with Crippen molar-refractivity contribution in [3.63, 3.8) is 0 Å². The van der Waals surface area contributed by atoms with Gasteiger partial charge < -0.3 is 15.0 Å². The van der Waals surface area contributed by atoms with E-state index in [4.69, 9.17) is 4.74 Å². The SMILES string of the molecule is Cc1ccc(N2C[C@@H](CNCCC3CN4C(=O)CCc5ccc(F)c3c54)OC2=O)cc1F. The molecule has 2 atom stereocenters. The monoisotopic (exact) mass is 441 g/mol. The Hall–Kier alpha value is -3.00. The predicted octanol–water partition coefficient (Wildman–Crippen LogP) is 3.65. The van der Waals surface area contributed by atoms with E-state index in [-0.39, 0.29) is 29.6 Å². The molecular weight excluding hydrogens is 416 g/mol. The molecule has 2 aromatic carbocycles. The van der Waals surface area contributed by atoms with Gasteiger partial charge in [0.05, 0.1) is 17.9 Å². The molecule has 168 valence electrons. The maximum absolute atomic E-state index is 14.6. The summed E-state index contributed by atoms with van der Waals surface area (Å²) in [5.74, 6) is -0.611. The molecule has 1 saturated heterocycles. The van der Waals surface area contributed by atoms with Crippen LogP contribution < -0.4 is 15.1 Å².